The summed E-state index contributed by atoms with van der Waals surface area (Å²) in [7, 11) is 1.40. The zero-order chi connectivity index (χ0) is 9.84. The van der Waals surface area contributed by atoms with Gasteiger partial charge < -0.3 is 10.6 Å². The summed E-state index contributed by atoms with van der Waals surface area (Å²) >= 11 is 11.2. The summed E-state index contributed by atoms with van der Waals surface area (Å²) in [5, 5.41) is 3.61. The first-order valence-electron chi connectivity index (χ1n) is 3.20. The highest BCUT2D eigenvalue weighted by atomic mass is 35.5. The zero-order valence-corrected chi connectivity index (χ0v) is 8.17. The smallest absolute Gasteiger partial charge is 0.168 e. The van der Waals surface area contributed by atoms with Crippen LogP contribution in [-0.2, 0) is 4.84 Å². The normalized spacial score (nSPS) is 10.7. The number of halogens is 2. The highest BCUT2D eigenvalue weighted by Gasteiger charge is 2.06. The molecule has 0 fully saturated rings. The highest BCUT2D eigenvalue weighted by Crippen LogP contribution is 2.18. The molecule has 1 rings (SSSR count). The maximum absolute atomic E-state index is 5.60. The third kappa shape index (κ3) is 2.43. The van der Waals surface area contributed by atoms with Gasteiger partial charge in [0.15, 0.2) is 16.1 Å². The standard InChI is InChI=1S/C6H6Cl2N4O/c1-13-10-2-3-6(9)12-5(8)4(7)11-3/h2H,1H3,(H2,9,12). The highest BCUT2D eigenvalue weighted by molar-refractivity contribution is 6.40. The predicted octanol–water partition coefficient (Wildman–Crippen LogP) is 1.35. The lowest BCUT2D eigenvalue weighted by molar-refractivity contribution is 0.215. The molecule has 1 heterocycles. The van der Waals surface area contributed by atoms with Gasteiger partial charge >= 0.3 is 0 Å². The number of hydrogen-bond donors (Lipinski definition) is 1. The second-order valence-electron chi connectivity index (χ2n) is 1.99. The van der Waals surface area contributed by atoms with Gasteiger partial charge in [-0.2, -0.15) is 0 Å². The molecule has 1 aromatic heterocycles. The Morgan fingerprint density at radius 3 is 2.62 bits per heavy atom. The van der Waals surface area contributed by atoms with Gasteiger partial charge in [-0.25, -0.2) is 9.97 Å². The van der Waals surface area contributed by atoms with Crippen molar-refractivity contribution in [2.45, 2.75) is 0 Å². The van der Waals surface area contributed by atoms with Crippen LogP contribution in [0.5, 0.6) is 0 Å². The molecule has 7 heteroatoms. The second-order valence-corrected chi connectivity index (χ2v) is 2.71. The molecule has 0 aromatic carbocycles. The van der Waals surface area contributed by atoms with Gasteiger partial charge in [0.1, 0.15) is 12.8 Å². The number of hydrogen-bond acceptors (Lipinski definition) is 5. The molecule has 0 aliphatic rings. The van der Waals surface area contributed by atoms with Crippen LogP contribution >= 0.6 is 23.2 Å². The van der Waals surface area contributed by atoms with Crippen molar-refractivity contribution in [3.63, 3.8) is 0 Å². The Hall–Kier alpha value is -1.07. The van der Waals surface area contributed by atoms with Crippen molar-refractivity contribution in [2.24, 2.45) is 5.16 Å². The van der Waals surface area contributed by atoms with Gasteiger partial charge in [-0.1, -0.05) is 28.4 Å². The lowest BCUT2D eigenvalue weighted by atomic mass is 10.4. The largest absolute Gasteiger partial charge is 0.399 e. The summed E-state index contributed by atoms with van der Waals surface area (Å²) in [5.41, 5.74) is 5.78. The fraction of sp³-hybridized carbons (Fsp3) is 0.167. The summed E-state index contributed by atoms with van der Waals surface area (Å²) in [4.78, 5) is 12.0. The number of rotatable bonds is 2. The monoisotopic (exact) mass is 220 g/mol. The Balaban J connectivity index is 3.08. The lowest BCUT2D eigenvalue weighted by Crippen LogP contribution is -2.01. The number of nitrogen functional groups attached to an aromatic ring is 1. The summed E-state index contributed by atoms with van der Waals surface area (Å²) in [5.74, 6) is 0.148. The number of anilines is 1. The van der Waals surface area contributed by atoms with Crippen LogP contribution in [0.3, 0.4) is 0 Å². The van der Waals surface area contributed by atoms with Gasteiger partial charge in [0.05, 0.1) is 6.21 Å². The molecule has 0 aliphatic heterocycles. The van der Waals surface area contributed by atoms with E-state index in [0.717, 1.165) is 0 Å². The van der Waals surface area contributed by atoms with Gasteiger partial charge in [0, 0.05) is 0 Å². The van der Waals surface area contributed by atoms with Crippen molar-refractivity contribution in [3.8, 4) is 0 Å². The summed E-state index contributed by atoms with van der Waals surface area (Å²) in [6, 6.07) is 0. The molecular formula is C6H6Cl2N4O. The molecule has 0 atom stereocenters. The Morgan fingerprint density at radius 1 is 1.38 bits per heavy atom. The van der Waals surface area contributed by atoms with Crippen molar-refractivity contribution >= 4 is 35.2 Å². The van der Waals surface area contributed by atoms with Crippen molar-refractivity contribution < 1.29 is 4.84 Å². The molecule has 13 heavy (non-hydrogen) atoms. The fourth-order valence-electron chi connectivity index (χ4n) is 0.616. The molecule has 70 valence electrons. The van der Waals surface area contributed by atoms with Gasteiger partial charge in [0.25, 0.3) is 0 Å². The van der Waals surface area contributed by atoms with Crippen LogP contribution in [0.25, 0.3) is 0 Å². The van der Waals surface area contributed by atoms with E-state index in [1.165, 1.54) is 13.3 Å². The zero-order valence-electron chi connectivity index (χ0n) is 6.66. The molecule has 5 nitrogen and oxygen atoms in total. The molecule has 0 spiro atoms. The van der Waals surface area contributed by atoms with E-state index in [1.807, 2.05) is 0 Å². The van der Waals surface area contributed by atoms with Crippen LogP contribution in [0.4, 0.5) is 5.82 Å². The summed E-state index contributed by atoms with van der Waals surface area (Å²) < 4.78 is 0. The molecule has 0 saturated heterocycles. The van der Waals surface area contributed by atoms with Gasteiger partial charge in [-0.15, -0.1) is 0 Å². The quantitative estimate of drug-likeness (QED) is 0.604. The molecular weight excluding hydrogens is 215 g/mol. The van der Waals surface area contributed by atoms with Crippen LogP contribution in [0, 0.1) is 0 Å². The third-order valence-electron chi connectivity index (χ3n) is 1.15. The van der Waals surface area contributed by atoms with Crippen molar-refractivity contribution in [3.05, 3.63) is 16.0 Å². The minimum atomic E-state index is 0.0636. The molecule has 0 saturated carbocycles. The van der Waals surface area contributed by atoms with E-state index < -0.39 is 0 Å². The van der Waals surface area contributed by atoms with Crippen LogP contribution in [0.2, 0.25) is 10.3 Å². The Bertz CT molecular complexity index is 342. The average molecular weight is 221 g/mol. The van der Waals surface area contributed by atoms with E-state index in [-0.39, 0.29) is 16.1 Å². The van der Waals surface area contributed by atoms with Crippen LogP contribution < -0.4 is 5.73 Å². The van der Waals surface area contributed by atoms with Crippen molar-refractivity contribution in [2.75, 3.05) is 12.8 Å². The SMILES string of the molecule is CON=Cc1nc(Cl)c(Cl)nc1N. The molecule has 1 aromatic rings. The summed E-state index contributed by atoms with van der Waals surface area (Å²) in [6.45, 7) is 0. The number of nitrogens with zero attached hydrogens (tertiary/aromatic N) is 3. The van der Waals surface area contributed by atoms with Gasteiger partial charge in [0.2, 0.25) is 0 Å². The summed E-state index contributed by atoms with van der Waals surface area (Å²) in [6.07, 6.45) is 1.30. The number of oxime groups is 1. The minimum absolute atomic E-state index is 0.0636. The van der Waals surface area contributed by atoms with E-state index in [9.17, 15) is 0 Å². The van der Waals surface area contributed by atoms with E-state index in [0.29, 0.717) is 5.69 Å². The lowest BCUT2D eigenvalue weighted by Gasteiger charge is -1.99. The second kappa shape index (κ2) is 4.25. The fourth-order valence-corrected chi connectivity index (χ4v) is 0.883. The topological polar surface area (TPSA) is 73.4 Å². The third-order valence-corrected chi connectivity index (χ3v) is 1.77. The maximum atomic E-state index is 5.60. The predicted molar refractivity (Wildman–Crippen MR) is 51.1 cm³/mol. The van der Waals surface area contributed by atoms with Crippen LogP contribution in [0.15, 0.2) is 5.16 Å². The Labute approximate surface area is 84.5 Å². The van der Waals surface area contributed by atoms with Crippen LogP contribution in [0.1, 0.15) is 5.69 Å². The first kappa shape index (κ1) is 10.0. The molecule has 0 bridgehead atoms. The van der Waals surface area contributed by atoms with E-state index in [4.69, 9.17) is 28.9 Å². The Kier molecular flexibility index (Phi) is 3.27. The van der Waals surface area contributed by atoms with E-state index in [1.54, 1.807) is 0 Å². The molecule has 2 N–H and O–H groups in total. The molecule has 0 radical (unpaired) electrons. The minimum Gasteiger partial charge on any atom is -0.399 e. The molecule has 0 amide bonds. The first-order valence-corrected chi connectivity index (χ1v) is 3.95. The number of aromatic nitrogens is 2. The average Bonchev–Trinajstić information content (AvgIpc) is 2.09. The van der Waals surface area contributed by atoms with Gasteiger partial charge in [-0.05, 0) is 0 Å². The van der Waals surface area contributed by atoms with Gasteiger partial charge in [-0.3, -0.25) is 0 Å². The number of nitrogens with two attached hydrogens (primary N) is 1. The van der Waals surface area contributed by atoms with E-state index >= 15 is 0 Å². The van der Waals surface area contributed by atoms with Crippen molar-refractivity contribution in [1.29, 1.82) is 0 Å². The molecule has 0 unspecified atom stereocenters. The molecule has 0 aliphatic carbocycles. The van der Waals surface area contributed by atoms with Crippen molar-refractivity contribution in [1.82, 2.24) is 9.97 Å². The van der Waals surface area contributed by atoms with Crippen LogP contribution in [-0.4, -0.2) is 23.3 Å². The van der Waals surface area contributed by atoms with E-state index in [2.05, 4.69) is 20.0 Å². The first-order chi connectivity index (χ1) is 6.15. The Morgan fingerprint density at radius 2 is 2.00 bits per heavy atom. The maximum Gasteiger partial charge on any atom is 0.168 e.